The molecule has 172 valence electrons. The van der Waals surface area contributed by atoms with Crippen molar-refractivity contribution in [1.82, 2.24) is 9.88 Å². The number of thioether (sulfide) groups is 1. The number of rotatable bonds is 5. The maximum Gasteiger partial charge on any atom is 0.446 e. The number of hydrogen-bond acceptors (Lipinski definition) is 5. The van der Waals surface area contributed by atoms with Crippen LogP contribution in [0.1, 0.15) is 19.4 Å². The van der Waals surface area contributed by atoms with Crippen molar-refractivity contribution < 1.29 is 27.5 Å². The van der Waals surface area contributed by atoms with Gasteiger partial charge < -0.3 is 9.64 Å². The molecule has 1 aliphatic rings. The number of pyridine rings is 1. The average Bonchev–Trinajstić information content (AvgIpc) is 2.92. The molecule has 1 saturated heterocycles. The molecule has 4 rings (SSSR count). The number of carbonyl (C=O) groups excluding carboxylic acids is 2. The summed E-state index contributed by atoms with van der Waals surface area (Å²) in [6.45, 7) is 3.43. The quantitative estimate of drug-likeness (QED) is 0.355. The van der Waals surface area contributed by atoms with Crippen molar-refractivity contribution in [3.63, 3.8) is 0 Å². The Bertz CT molecular complexity index is 1230. The van der Waals surface area contributed by atoms with Gasteiger partial charge in [-0.15, -0.1) is 0 Å². The van der Waals surface area contributed by atoms with Crippen LogP contribution in [0.25, 0.3) is 10.9 Å². The number of alkyl halides is 3. The highest BCUT2D eigenvalue weighted by molar-refractivity contribution is 8.00. The van der Waals surface area contributed by atoms with Gasteiger partial charge in [-0.2, -0.15) is 13.2 Å². The third kappa shape index (κ3) is 4.35. The second-order valence-electron chi connectivity index (χ2n) is 7.96. The second-order valence-corrected chi connectivity index (χ2v) is 9.10. The first-order valence-corrected chi connectivity index (χ1v) is 10.8. The summed E-state index contributed by atoms with van der Waals surface area (Å²) >= 11 is -0.255. The lowest BCUT2D eigenvalue weighted by atomic mass is 10.0. The molecule has 1 aromatic heterocycles. The minimum absolute atomic E-state index is 0.0290. The molecule has 0 unspecified atom stereocenters. The molecule has 2 heterocycles. The van der Waals surface area contributed by atoms with Gasteiger partial charge in [0.2, 0.25) is 0 Å². The Labute approximate surface area is 192 Å². The summed E-state index contributed by atoms with van der Waals surface area (Å²) in [5, 5.41) is 0.792. The first kappa shape index (κ1) is 22.9. The van der Waals surface area contributed by atoms with E-state index in [9.17, 15) is 22.8 Å². The number of nitrogens with zero attached hydrogens (tertiary/aromatic N) is 3. The Balaban J connectivity index is 1.65. The molecular formula is C23H20F3N3O3S. The van der Waals surface area contributed by atoms with E-state index in [1.165, 1.54) is 29.2 Å². The highest BCUT2D eigenvalue weighted by Gasteiger charge is 2.51. The Kier molecular flexibility index (Phi) is 5.73. The van der Waals surface area contributed by atoms with Crippen molar-refractivity contribution in [3.8, 4) is 5.75 Å². The lowest BCUT2D eigenvalue weighted by Gasteiger charge is -2.28. The predicted octanol–water partition coefficient (Wildman–Crippen LogP) is 5.60. The fraction of sp³-hybridized carbons (Fsp3) is 0.261. The maximum atomic E-state index is 13.3. The van der Waals surface area contributed by atoms with Crippen molar-refractivity contribution in [3.05, 3.63) is 60.3 Å². The van der Waals surface area contributed by atoms with E-state index in [4.69, 9.17) is 4.74 Å². The Hall–Kier alpha value is -3.27. The number of benzene rings is 2. The molecule has 0 saturated carbocycles. The molecule has 3 aromatic rings. The molecule has 0 spiro atoms. The fourth-order valence-corrected chi connectivity index (χ4v) is 4.28. The van der Waals surface area contributed by atoms with Crippen LogP contribution in [0.15, 0.2) is 59.6 Å². The fourth-order valence-electron chi connectivity index (χ4n) is 3.74. The molecule has 0 radical (unpaired) electrons. The van der Waals surface area contributed by atoms with Crippen molar-refractivity contribution in [2.45, 2.75) is 36.3 Å². The van der Waals surface area contributed by atoms with E-state index in [1.54, 1.807) is 39.3 Å². The number of carbonyl (C=O) groups is 2. The van der Waals surface area contributed by atoms with Gasteiger partial charge in [0.05, 0.1) is 18.3 Å². The monoisotopic (exact) mass is 475 g/mol. The predicted molar refractivity (Wildman–Crippen MR) is 119 cm³/mol. The zero-order valence-electron chi connectivity index (χ0n) is 18.0. The number of imide groups is 1. The number of urea groups is 1. The molecule has 1 aliphatic heterocycles. The van der Waals surface area contributed by atoms with Gasteiger partial charge in [-0.1, -0.05) is 0 Å². The molecule has 10 heteroatoms. The van der Waals surface area contributed by atoms with Crippen LogP contribution in [-0.4, -0.2) is 40.0 Å². The van der Waals surface area contributed by atoms with Crippen LogP contribution < -0.4 is 9.64 Å². The van der Waals surface area contributed by atoms with Crippen LogP contribution in [0, 0.1) is 0 Å². The minimum atomic E-state index is -4.42. The number of ether oxygens (including phenoxy) is 1. The Morgan fingerprint density at radius 2 is 1.76 bits per heavy atom. The maximum absolute atomic E-state index is 13.3. The zero-order valence-corrected chi connectivity index (χ0v) is 18.8. The largest absolute Gasteiger partial charge is 0.497 e. The Morgan fingerprint density at radius 3 is 2.39 bits per heavy atom. The average molecular weight is 475 g/mol. The Morgan fingerprint density at radius 1 is 1.06 bits per heavy atom. The number of anilines is 1. The van der Waals surface area contributed by atoms with E-state index < -0.39 is 23.0 Å². The summed E-state index contributed by atoms with van der Waals surface area (Å²) < 4.78 is 43.1. The van der Waals surface area contributed by atoms with Crippen molar-refractivity contribution in [2.24, 2.45) is 0 Å². The van der Waals surface area contributed by atoms with E-state index in [1.807, 2.05) is 12.1 Å². The summed E-state index contributed by atoms with van der Waals surface area (Å²) in [6.07, 6.45) is 1.63. The molecule has 0 bridgehead atoms. The molecule has 2 aromatic carbocycles. The van der Waals surface area contributed by atoms with E-state index in [0.29, 0.717) is 5.75 Å². The summed E-state index contributed by atoms with van der Waals surface area (Å²) in [5.41, 5.74) is -3.86. The summed E-state index contributed by atoms with van der Waals surface area (Å²) in [7, 11) is 1.55. The van der Waals surface area contributed by atoms with Gasteiger partial charge in [0.1, 0.15) is 11.3 Å². The number of hydrogen-bond donors (Lipinski definition) is 0. The van der Waals surface area contributed by atoms with Gasteiger partial charge in [-0.05, 0) is 79.7 Å². The smallest absolute Gasteiger partial charge is 0.446 e. The molecule has 0 aliphatic carbocycles. The van der Waals surface area contributed by atoms with Gasteiger partial charge in [0, 0.05) is 23.0 Å². The lowest BCUT2D eigenvalue weighted by molar-refractivity contribution is -0.123. The van der Waals surface area contributed by atoms with Gasteiger partial charge >= 0.3 is 11.5 Å². The molecule has 6 nitrogen and oxygen atoms in total. The molecular weight excluding hydrogens is 455 g/mol. The van der Waals surface area contributed by atoms with Gasteiger partial charge in [0.25, 0.3) is 5.91 Å². The van der Waals surface area contributed by atoms with Gasteiger partial charge in [-0.25, -0.2) is 9.69 Å². The van der Waals surface area contributed by atoms with Crippen LogP contribution in [0.3, 0.4) is 0 Å². The van der Waals surface area contributed by atoms with E-state index in [0.717, 1.165) is 21.4 Å². The number of amides is 3. The van der Waals surface area contributed by atoms with E-state index in [2.05, 4.69) is 4.98 Å². The molecule has 3 amide bonds. The second kappa shape index (κ2) is 8.26. The molecule has 33 heavy (non-hydrogen) atoms. The normalized spacial score (nSPS) is 16.1. The highest BCUT2D eigenvalue weighted by Crippen LogP contribution is 2.39. The van der Waals surface area contributed by atoms with Crippen LogP contribution in [0.4, 0.5) is 23.7 Å². The highest BCUT2D eigenvalue weighted by atomic mass is 32.2. The lowest BCUT2D eigenvalue weighted by Crippen LogP contribution is -2.43. The van der Waals surface area contributed by atoms with Crippen LogP contribution >= 0.6 is 11.8 Å². The first-order valence-electron chi connectivity index (χ1n) is 9.95. The molecule has 0 atom stereocenters. The van der Waals surface area contributed by atoms with Crippen molar-refractivity contribution in [2.75, 3.05) is 12.0 Å². The summed E-state index contributed by atoms with van der Waals surface area (Å²) in [4.78, 5) is 33.2. The third-order valence-corrected chi connectivity index (χ3v) is 6.26. The molecule has 0 N–H and O–H groups in total. The van der Waals surface area contributed by atoms with Gasteiger partial charge in [0.15, 0.2) is 0 Å². The number of halogens is 3. The van der Waals surface area contributed by atoms with Crippen LogP contribution in [-0.2, 0) is 11.3 Å². The number of methoxy groups -OCH3 is 1. The van der Waals surface area contributed by atoms with Crippen LogP contribution in [0.5, 0.6) is 5.75 Å². The minimum Gasteiger partial charge on any atom is -0.497 e. The molecule has 1 fully saturated rings. The topological polar surface area (TPSA) is 62.7 Å². The zero-order chi connectivity index (χ0) is 24.0. The number of fused-ring (bicyclic) bond motifs is 1. The van der Waals surface area contributed by atoms with Gasteiger partial charge in [-0.3, -0.25) is 9.78 Å². The first-order chi connectivity index (χ1) is 15.5. The third-order valence-electron chi connectivity index (χ3n) is 5.52. The summed E-state index contributed by atoms with van der Waals surface area (Å²) in [6, 6.07) is 11.8. The number of aromatic nitrogens is 1. The van der Waals surface area contributed by atoms with Crippen LogP contribution in [0.2, 0.25) is 0 Å². The summed E-state index contributed by atoms with van der Waals surface area (Å²) in [5.74, 6) is 0.179. The SMILES string of the molecule is COc1ccc2nccc(CN3C(=O)N(c4ccc(SC(F)(F)F)cc4)C(=O)C3(C)C)c2c1. The van der Waals surface area contributed by atoms with E-state index in [-0.39, 0.29) is 28.9 Å². The van der Waals surface area contributed by atoms with Crippen molar-refractivity contribution in [1.29, 1.82) is 0 Å². The van der Waals surface area contributed by atoms with E-state index >= 15 is 0 Å². The standard InChI is InChI=1S/C23H20F3N3O3S/c1-22(2)20(30)29(15-4-7-17(8-5-15)33-23(24,25)26)21(31)28(22)13-14-10-11-27-19-9-6-16(32-3)12-18(14)19/h4-12H,13H2,1-3H3. The van der Waals surface area contributed by atoms with Crippen molar-refractivity contribution >= 4 is 40.3 Å².